The fraction of sp³-hybridized carbons (Fsp3) is 0.217. The molecule has 0 bridgehead atoms. The van der Waals surface area contributed by atoms with Crippen LogP contribution in [0.25, 0.3) is 0 Å². The van der Waals surface area contributed by atoms with E-state index >= 15 is 0 Å². The summed E-state index contributed by atoms with van der Waals surface area (Å²) in [6.07, 6.45) is 0. The zero-order chi connectivity index (χ0) is 21.5. The van der Waals surface area contributed by atoms with E-state index in [-0.39, 0.29) is 6.61 Å². The third-order valence-corrected chi connectivity index (χ3v) is 5.32. The Morgan fingerprint density at radius 1 is 1.07 bits per heavy atom. The van der Waals surface area contributed by atoms with Crippen LogP contribution in [-0.2, 0) is 13.2 Å². The molecule has 0 saturated heterocycles. The van der Waals surface area contributed by atoms with Crippen LogP contribution < -0.4 is 19.5 Å². The van der Waals surface area contributed by atoms with Crippen LogP contribution in [0.4, 0.5) is 10.1 Å². The van der Waals surface area contributed by atoms with E-state index in [1.807, 2.05) is 43.3 Å². The van der Waals surface area contributed by atoms with Gasteiger partial charge in [-0.1, -0.05) is 17.7 Å². The molecular formula is C23H22BrClFNO3. The van der Waals surface area contributed by atoms with Crippen molar-refractivity contribution in [2.45, 2.75) is 20.1 Å². The standard InChI is InChI=1S/C23H22BrClFNO3/c1-3-29-22-12-15(13-27-16-7-9-17(28-2)10-8-16)11-19(24)23(22)30-14-18-20(25)5-4-6-21(18)26/h4-12,27H,3,13-14H2,1-2H3. The minimum absolute atomic E-state index is 0.00632. The second-order valence-corrected chi connectivity index (χ2v) is 7.67. The number of nitrogens with one attached hydrogen (secondary N) is 1. The van der Waals surface area contributed by atoms with Gasteiger partial charge >= 0.3 is 0 Å². The van der Waals surface area contributed by atoms with E-state index in [4.69, 9.17) is 25.8 Å². The van der Waals surface area contributed by atoms with Gasteiger partial charge in [-0.3, -0.25) is 0 Å². The summed E-state index contributed by atoms with van der Waals surface area (Å²) in [5.41, 5.74) is 2.27. The highest BCUT2D eigenvalue weighted by Crippen LogP contribution is 2.38. The average Bonchev–Trinajstić information content (AvgIpc) is 2.74. The molecule has 7 heteroatoms. The Bertz CT molecular complexity index is 978. The normalized spacial score (nSPS) is 10.6. The first-order valence-electron chi connectivity index (χ1n) is 9.40. The fourth-order valence-corrected chi connectivity index (χ4v) is 3.68. The maximum Gasteiger partial charge on any atom is 0.175 e. The van der Waals surface area contributed by atoms with Crippen LogP contribution in [0, 0.1) is 5.82 Å². The van der Waals surface area contributed by atoms with Gasteiger partial charge in [-0.05, 0) is 76.9 Å². The van der Waals surface area contributed by atoms with Gasteiger partial charge in [0, 0.05) is 17.8 Å². The zero-order valence-corrected chi connectivity index (χ0v) is 19.0. The van der Waals surface area contributed by atoms with E-state index in [9.17, 15) is 4.39 Å². The number of hydrogen-bond acceptors (Lipinski definition) is 4. The Morgan fingerprint density at radius 2 is 1.83 bits per heavy atom. The highest BCUT2D eigenvalue weighted by Gasteiger charge is 2.15. The van der Waals surface area contributed by atoms with Crippen LogP contribution in [0.15, 0.2) is 59.1 Å². The number of rotatable bonds is 9. The number of hydrogen-bond donors (Lipinski definition) is 1. The topological polar surface area (TPSA) is 39.7 Å². The van der Waals surface area contributed by atoms with E-state index in [2.05, 4.69) is 21.2 Å². The SMILES string of the molecule is CCOc1cc(CNc2ccc(OC)cc2)cc(Br)c1OCc1c(F)cccc1Cl. The Balaban J connectivity index is 1.76. The predicted molar refractivity (Wildman–Crippen MR) is 121 cm³/mol. The zero-order valence-electron chi connectivity index (χ0n) is 16.7. The minimum atomic E-state index is -0.406. The first-order valence-corrected chi connectivity index (χ1v) is 10.6. The summed E-state index contributed by atoms with van der Waals surface area (Å²) in [6.45, 7) is 2.95. The monoisotopic (exact) mass is 493 g/mol. The second-order valence-electron chi connectivity index (χ2n) is 6.41. The van der Waals surface area contributed by atoms with Gasteiger partial charge in [0.05, 0.1) is 23.2 Å². The number of benzene rings is 3. The lowest BCUT2D eigenvalue weighted by molar-refractivity contribution is 0.264. The van der Waals surface area contributed by atoms with Gasteiger partial charge in [0.15, 0.2) is 11.5 Å². The van der Waals surface area contributed by atoms with Crippen LogP contribution in [0.5, 0.6) is 17.2 Å². The molecule has 3 aromatic rings. The Labute approximate surface area is 189 Å². The molecule has 0 aliphatic heterocycles. The molecule has 0 radical (unpaired) electrons. The third-order valence-electron chi connectivity index (χ3n) is 4.38. The van der Waals surface area contributed by atoms with E-state index in [0.717, 1.165) is 17.0 Å². The molecule has 0 amide bonds. The molecule has 0 spiro atoms. The Hall–Kier alpha value is -2.44. The first-order chi connectivity index (χ1) is 14.5. The lowest BCUT2D eigenvalue weighted by atomic mass is 10.2. The van der Waals surface area contributed by atoms with Gasteiger partial charge in [-0.2, -0.15) is 0 Å². The van der Waals surface area contributed by atoms with E-state index in [0.29, 0.717) is 39.7 Å². The first kappa shape index (κ1) is 22.2. The van der Waals surface area contributed by atoms with Gasteiger partial charge in [-0.25, -0.2) is 4.39 Å². The molecule has 4 nitrogen and oxygen atoms in total. The summed E-state index contributed by atoms with van der Waals surface area (Å²) in [4.78, 5) is 0. The summed E-state index contributed by atoms with van der Waals surface area (Å²) in [7, 11) is 1.64. The molecule has 0 heterocycles. The molecule has 3 aromatic carbocycles. The average molecular weight is 495 g/mol. The summed E-state index contributed by atoms with van der Waals surface area (Å²) in [5, 5.41) is 3.68. The predicted octanol–water partition coefficient (Wildman–Crippen LogP) is 6.84. The maximum atomic E-state index is 14.1. The maximum absolute atomic E-state index is 14.1. The van der Waals surface area contributed by atoms with Crippen molar-refractivity contribution >= 4 is 33.2 Å². The van der Waals surface area contributed by atoms with Gasteiger partial charge in [0.1, 0.15) is 18.2 Å². The third kappa shape index (κ3) is 5.58. The van der Waals surface area contributed by atoms with Crippen molar-refractivity contribution in [3.63, 3.8) is 0 Å². The second kappa shape index (κ2) is 10.5. The number of ether oxygens (including phenoxy) is 3. The highest BCUT2D eigenvalue weighted by molar-refractivity contribution is 9.10. The summed E-state index contributed by atoms with van der Waals surface area (Å²) >= 11 is 9.65. The number of anilines is 1. The van der Waals surface area contributed by atoms with E-state index in [1.165, 1.54) is 6.07 Å². The van der Waals surface area contributed by atoms with Crippen molar-refractivity contribution in [3.05, 3.63) is 81.0 Å². The van der Waals surface area contributed by atoms with Crippen LogP contribution in [0.1, 0.15) is 18.1 Å². The highest BCUT2D eigenvalue weighted by atomic mass is 79.9. The number of methoxy groups -OCH3 is 1. The lowest BCUT2D eigenvalue weighted by Gasteiger charge is -2.17. The fourth-order valence-electron chi connectivity index (χ4n) is 2.85. The summed E-state index contributed by atoms with van der Waals surface area (Å²) in [6, 6.07) is 16.1. The molecule has 0 fully saturated rings. The van der Waals surface area contributed by atoms with Crippen molar-refractivity contribution in [2.24, 2.45) is 0 Å². The van der Waals surface area contributed by atoms with Crippen molar-refractivity contribution in [1.82, 2.24) is 0 Å². The molecule has 30 heavy (non-hydrogen) atoms. The smallest absolute Gasteiger partial charge is 0.175 e. The molecule has 0 atom stereocenters. The van der Waals surface area contributed by atoms with E-state index in [1.54, 1.807) is 19.2 Å². The van der Waals surface area contributed by atoms with Gasteiger partial charge in [0.2, 0.25) is 0 Å². The Morgan fingerprint density at radius 3 is 2.50 bits per heavy atom. The van der Waals surface area contributed by atoms with Crippen molar-refractivity contribution in [3.8, 4) is 17.2 Å². The van der Waals surface area contributed by atoms with Crippen molar-refractivity contribution in [2.75, 3.05) is 19.0 Å². The van der Waals surface area contributed by atoms with Crippen LogP contribution in [-0.4, -0.2) is 13.7 Å². The molecule has 158 valence electrons. The van der Waals surface area contributed by atoms with Gasteiger partial charge in [-0.15, -0.1) is 0 Å². The Kier molecular flexibility index (Phi) is 7.82. The van der Waals surface area contributed by atoms with Crippen molar-refractivity contribution in [1.29, 1.82) is 0 Å². The molecule has 0 saturated carbocycles. The molecule has 0 aliphatic carbocycles. The molecule has 0 aliphatic rings. The summed E-state index contributed by atoms with van der Waals surface area (Å²) < 4.78 is 31.6. The van der Waals surface area contributed by atoms with Crippen LogP contribution >= 0.6 is 27.5 Å². The summed E-state index contributed by atoms with van der Waals surface area (Å²) in [5.74, 6) is 1.48. The molecule has 0 unspecified atom stereocenters. The number of halogens is 3. The minimum Gasteiger partial charge on any atom is -0.497 e. The lowest BCUT2D eigenvalue weighted by Crippen LogP contribution is -2.05. The van der Waals surface area contributed by atoms with Gasteiger partial charge in [0.25, 0.3) is 0 Å². The molecule has 3 rings (SSSR count). The molecule has 0 aromatic heterocycles. The van der Waals surface area contributed by atoms with Crippen LogP contribution in [0.2, 0.25) is 5.02 Å². The van der Waals surface area contributed by atoms with Crippen LogP contribution in [0.3, 0.4) is 0 Å². The van der Waals surface area contributed by atoms with Crippen molar-refractivity contribution < 1.29 is 18.6 Å². The largest absolute Gasteiger partial charge is 0.497 e. The molecule has 1 N–H and O–H groups in total. The quantitative estimate of drug-likeness (QED) is 0.353. The van der Waals surface area contributed by atoms with E-state index < -0.39 is 5.82 Å². The van der Waals surface area contributed by atoms with Gasteiger partial charge < -0.3 is 19.5 Å². The molecular weight excluding hydrogens is 473 g/mol.